The highest BCUT2D eigenvalue weighted by molar-refractivity contribution is 8.01. The highest BCUT2D eigenvalue weighted by atomic mass is 32.2. The number of aromatic nitrogens is 2. The van der Waals surface area contributed by atoms with E-state index in [1.807, 2.05) is 0 Å². The van der Waals surface area contributed by atoms with Crippen LogP contribution < -0.4 is 5.32 Å². The number of carbonyl (C=O) groups excluding carboxylic acids is 1. The molecule has 0 saturated carbocycles. The monoisotopic (exact) mass is 325 g/mol. The summed E-state index contributed by atoms with van der Waals surface area (Å²) in [5.74, 6) is -1.33. The Hall–Kier alpha value is -2.13. The van der Waals surface area contributed by atoms with Gasteiger partial charge in [-0.1, -0.05) is 23.1 Å². The number of carboxylic acid groups (broad SMARTS) is 1. The van der Waals surface area contributed by atoms with Crippen molar-refractivity contribution in [3.63, 3.8) is 0 Å². The van der Waals surface area contributed by atoms with Gasteiger partial charge in [0.1, 0.15) is 5.75 Å². The Labute approximate surface area is 128 Å². The van der Waals surface area contributed by atoms with Gasteiger partial charge in [0.15, 0.2) is 4.34 Å². The summed E-state index contributed by atoms with van der Waals surface area (Å²) in [6.45, 7) is 1.71. The molecule has 2 rings (SSSR count). The van der Waals surface area contributed by atoms with E-state index in [2.05, 4.69) is 15.5 Å². The third-order valence-corrected chi connectivity index (χ3v) is 4.36. The second kappa shape index (κ2) is 6.55. The zero-order chi connectivity index (χ0) is 15.4. The first-order valence-corrected chi connectivity index (χ1v) is 7.55. The summed E-state index contributed by atoms with van der Waals surface area (Å²) in [6.07, 6.45) is 0. The van der Waals surface area contributed by atoms with E-state index < -0.39 is 5.97 Å². The number of nitrogens with zero attached hydrogens (tertiary/aromatic N) is 2. The van der Waals surface area contributed by atoms with E-state index in [1.165, 1.54) is 18.2 Å². The molecule has 1 aromatic carbocycles. The predicted octanol–water partition coefficient (Wildman–Crippen LogP) is 1.98. The van der Waals surface area contributed by atoms with Crippen LogP contribution in [-0.4, -0.2) is 38.0 Å². The van der Waals surface area contributed by atoms with E-state index in [0.717, 1.165) is 23.1 Å². The Morgan fingerprint density at radius 2 is 2.14 bits per heavy atom. The van der Waals surface area contributed by atoms with Gasteiger partial charge in [0, 0.05) is 5.56 Å². The van der Waals surface area contributed by atoms with Crippen molar-refractivity contribution in [1.29, 1.82) is 0 Å². The molecule has 0 aliphatic carbocycles. The molecule has 1 amide bonds. The maximum Gasteiger partial charge on any atom is 0.313 e. The number of anilines is 1. The van der Waals surface area contributed by atoms with Gasteiger partial charge in [-0.15, -0.1) is 10.2 Å². The molecule has 21 heavy (non-hydrogen) atoms. The number of nitrogens with one attached hydrogen (secondary N) is 1. The molecule has 2 aromatic rings. The molecule has 9 heteroatoms. The summed E-state index contributed by atoms with van der Waals surface area (Å²) in [5.41, 5.74) is 1.06. The summed E-state index contributed by atoms with van der Waals surface area (Å²) in [5, 5.41) is 28.3. The fourth-order valence-corrected chi connectivity index (χ4v) is 2.98. The van der Waals surface area contributed by atoms with E-state index in [1.54, 1.807) is 6.92 Å². The highest BCUT2D eigenvalue weighted by Gasteiger charge is 2.13. The standard InChI is InChI=1S/C12H11N3O4S2/c1-6-4-7(16)2-3-8(6)10(19)13-11-14-15-12(21-11)20-5-9(17)18/h2-4,16H,5H2,1H3,(H,17,18)(H,13,14,19). The molecule has 0 aliphatic heterocycles. The number of thioether (sulfide) groups is 1. The molecule has 0 unspecified atom stereocenters. The van der Waals surface area contributed by atoms with Crippen molar-refractivity contribution in [3.8, 4) is 5.75 Å². The lowest BCUT2D eigenvalue weighted by molar-refractivity contribution is -0.133. The molecule has 1 heterocycles. The van der Waals surface area contributed by atoms with Gasteiger partial charge >= 0.3 is 5.97 Å². The van der Waals surface area contributed by atoms with Crippen molar-refractivity contribution in [2.24, 2.45) is 0 Å². The van der Waals surface area contributed by atoms with Gasteiger partial charge in [-0.2, -0.15) is 0 Å². The maximum atomic E-state index is 12.1. The van der Waals surface area contributed by atoms with Crippen molar-refractivity contribution in [2.75, 3.05) is 11.1 Å². The van der Waals surface area contributed by atoms with Gasteiger partial charge in [-0.05, 0) is 30.7 Å². The highest BCUT2D eigenvalue weighted by Crippen LogP contribution is 2.26. The van der Waals surface area contributed by atoms with Crippen LogP contribution in [0.25, 0.3) is 0 Å². The molecule has 0 aliphatic rings. The number of amides is 1. The summed E-state index contributed by atoms with van der Waals surface area (Å²) >= 11 is 2.14. The number of carbonyl (C=O) groups is 2. The van der Waals surface area contributed by atoms with Crippen LogP contribution in [0.2, 0.25) is 0 Å². The second-order valence-corrected chi connectivity index (χ2v) is 6.21. The summed E-state index contributed by atoms with van der Waals surface area (Å²) < 4.78 is 0.468. The summed E-state index contributed by atoms with van der Waals surface area (Å²) in [7, 11) is 0. The van der Waals surface area contributed by atoms with Crippen LogP contribution in [0.4, 0.5) is 5.13 Å². The van der Waals surface area contributed by atoms with Crippen LogP contribution in [0.3, 0.4) is 0 Å². The summed E-state index contributed by atoms with van der Waals surface area (Å²) in [6, 6.07) is 4.43. The topological polar surface area (TPSA) is 112 Å². The van der Waals surface area contributed by atoms with Crippen molar-refractivity contribution < 1.29 is 19.8 Å². The van der Waals surface area contributed by atoms with Crippen molar-refractivity contribution in [2.45, 2.75) is 11.3 Å². The third-order valence-electron chi connectivity index (χ3n) is 2.40. The molecule has 7 nitrogen and oxygen atoms in total. The predicted molar refractivity (Wildman–Crippen MR) is 79.1 cm³/mol. The Morgan fingerprint density at radius 3 is 2.81 bits per heavy atom. The minimum atomic E-state index is -0.944. The minimum Gasteiger partial charge on any atom is -0.508 e. The van der Waals surface area contributed by atoms with Gasteiger partial charge in [0.2, 0.25) is 5.13 Å². The number of hydrogen-bond donors (Lipinski definition) is 3. The number of phenols is 1. The Bertz CT molecular complexity index is 687. The third kappa shape index (κ3) is 4.17. The lowest BCUT2D eigenvalue weighted by Gasteiger charge is -2.05. The number of hydrogen-bond acceptors (Lipinski definition) is 7. The van der Waals surface area contributed by atoms with Gasteiger partial charge in [-0.3, -0.25) is 14.9 Å². The first-order valence-electron chi connectivity index (χ1n) is 5.75. The van der Waals surface area contributed by atoms with Gasteiger partial charge < -0.3 is 10.2 Å². The number of benzene rings is 1. The molecule has 0 bridgehead atoms. The van der Waals surface area contributed by atoms with E-state index in [-0.39, 0.29) is 17.4 Å². The molecule has 0 atom stereocenters. The first kappa shape index (κ1) is 15.3. The SMILES string of the molecule is Cc1cc(O)ccc1C(=O)Nc1nnc(SCC(=O)O)s1. The van der Waals surface area contributed by atoms with Crippen LogP contribution >= 0.6 is 23.1 Å². The Balaban J connectivity index is 2.04. The van der Waals surface area contributed by atoms with Crippen LogP contribution in [0.15, 0.2) is 22.5 Å². The van der Waals surface area contributed by atoms with Crippen molar-refractivity contribution in [3.05, 3.63) is 29.3 Å². The number of aromatic hydroxyl groups is 1. The zero-order valence-electron chi connectivity index (χ0n) is 10.9. The first-order chi connectivity index (χ1) is 9.95. The number of aliphatic carboxylic acids is 1. The van der Waals surface area contributed by atoms with E-state index in [0.29, 0.717) is 20.6 Å². The lowest BCUT2D eigenvalue weighted by atomic mass is 10.1. The molecule has 0 spiro atoms. The van der Waals surface area contributed by atoms with E-state index >= 15 is 0 Å². The number of phenolic OH excluding ortho intramolecular Hbond substituents is 1. The normalized spacial score (nSPS) is 10.3. The Morgan fingerprint density at radius 1 is 1.38 bits per heavy atom. The molecule has 0 fully saturated rings. The maximum absolute atomic E-state index is 12.1. The fourth-order valence-electron chi connectivity index (χ4n) is 1.51. The lowest BCUT2D eigenvalue weighted by Crippen LogP contribution is -2.13. The van der Waals surface area contributed by atoms with E-state index in [9.17, 15) is 14.7 Å². The van der Waals surface area contributed by atoms with Crippen LogP contribution in [-0.2, 0) is 4.79 Å². The molecule has 3 N–H and O–H groups in total. The van der Waals surface area contributed by atoms with Crippen molar-refractivity contribution >= 4 is 40.1 Å². The van der Waals surface area contributed by atoms with Crippen LogP contribution in [0, 0.1) is 6.92 Å². The molecular formula is C12H11N3O4S2. The molecular weight excluding hydrogens is 314 g/mol. The van der Waals surface area contributed by atoms with Crippen molar-refractivity contribution in [1.82, 2.24) is 10.2 Å². The quantitative estimate of drug-likeness (QED) is 0.569. The van der Waals surface area contributed by atoms with Crippen LogP contribution in [0.1, 0.15) is 15.9 Å². The minimum absolute atomic E-state index is 0.0901. The number of aryl methyl sites for hydroxylation is 1. The second-order valence-electron chi connectivity index (χ2n) is 4.01. The average molecular weight is 325 g/mol. The van der Waals surface area contributed by atoms with Gasteiger partial charge in [0.05, 0.1) is 5.75 Å². The summed E-state index contributed by atoms with van der Waals surface area (Å²) in [4.78, 5) is 22.5. The number of rotatable bonds is 5. The largest absolute Gasteiger partial charge is 0.508 e. The van der Waals surface area contributed by atoms with E-state index in [4.69, 9.17) is 5.11 Å². The molecule has 0 saturated heterocycles. The van der Waals surface area contributed by atoms with Gasteiger partial charge in [-0.25, -0.2) is 0 Å². The Kier molecular flexibility index (Phi) is 4.76. The van der Waals surface area contributed by atoms with Gasteiger partial charge in [0.25, 0.3) is 5.91 Å². The smallest absolute Gasteiger partial charge is 0.313 e. The zero-order valence-corrected chi connectivity index (χ0v) is 12.5. The van der Waals surface area contributed by atoms with Crippen LogP contribution in [0.5, 0.6) is 5.75 Å². The number of carboxylic acids is 1. The fraction of sp³-hybridized carbons (Fsp3) is 0.167. The molecule has 0 radical (unpaired) electrons. The molecule has 110 valence electrons. The molecule has 1 aromatic heterocycles. The average Bonchev–Trinajstić information content (AvgIpc) is 2.83.